The number of ether oxygens (including phenoxy) is 1. The van der Waals surface area contributed by atoms with Crippen LogP contribution < -0.4 is 4.90 Å². The lowest BCUT2D eigenvalue weighted by Crippen LogP contribution is -2.27. The molecule has 0 aromatic heterocycles. The molecule has 4 heteroatoms. The molecule has 2 aliphatic rings. The minimum atomic E-state index is -0.792. The Bertz CT molecular complexity index is 848. The number of aliphatic carboxylic acids is 1. The summed E-state index contributed by atoms with van der Waals surface area (Å²) in [4.78, 5) is 13.6. The molecule has 1 aromatic carbocycles. The Morgan fingerprint density at radius 3 is 2.71 bits per heavy atom. The molecule has 1 N–H and O–H groups in total. The molecular formula is C27H37NO3. The molecule has 0 saturated carbocycles. The summed E-state index contributed by atoms with van der Waals surface area (Å²) in [5.74, 6) is -0.792. The summed E-state index contributed by atoms with van der Waals surface area (Å²) in [5, 5.41) is 9.24. The predicted molar refractivity (Wildman–Crippen MR) is 131 cm³/mol. The summed E-state index contributed by atoms with van der Waals surface area (Å²) < 4.78 is 5.66. The van der Waals surface area contributed by atoms with Crippen molar-refractivity contribution in [3.63, 3.8) is 0 Å². The first kappa shape index (κ1) is 24.7. The van der Waals surface area contributed by atoms with Crippen LogP contribution >= 0.6 is 0 Å². The van der Waals surface area contributed by atoms with Gasteiger partial charge in [-0.15, -0.1) is 0 Å². The van der Waals surface area contributed by atoms with Crippen LogP contribution in [0.3, 0.4) is 0 Å². The molecule has 1 unspecified atom stereocenters. The van der Waals surface area contributed by atoms with Crippen molar-refractivity contribution in [2.45, 2.75) is 59.5 Å². The van der Waals surface area contributed by atoms with Gasteiger partial charge < -0.3 is 14.7 Å². The van der Waals surface area contributed by atoms with E-state index < -0.39 is 5.97 Å². The van der Waals surface area contributed by atoms with Gasteiger partial charge in [0.1, 0.15) is 0 Å². The quantitative estimate of drug-likeness (QED) is 0.531. The summed E-state index contributed by atoms with van der Waals surface area (Å²) in [7, 11) is 0. The van der Waals surface area contributed by atoms with Crippen LogP contribution in [-0.4, -0.2) is 36.9 Å². The molecule has 0 amide bonds. The maximum absolute atomic E-state index is 11.2. The summed E-state index contributed by atoms with van der Waals surface area (Å²) in [5.41, 5.74) is 5.64. The zero-order valence-electron chi connectivity index (χ0n) is 19.4. The summed E-state index contributed by atoms with van der Waals surface area (Å²) >= 11 is 0. The number of allylic oxidation sites excluding steroid dienone is 2. The molecule has 0 saturated heterocycles. The number of hydrogen-bond donors (Lipinski definition) is 1. The molecule has 0 bridgehead atoms. The fourth-order valence-electron chi connectivity index (χ4n) is 3.83. The Kier molecular flexibility index (Phi) is 10.3. The Labute approximate surface area is 187 Å². The lowest BCUT2D eigenvalue weighted by atomic mass is 9.99. The summed E-state index contributed by atoms with van der Waals surface area (Å²) in [6.45, 7) is 10.8. The Morgan fingerprint density at radius 2 is 2.13 bits per heavy atom. The number of hydrogen-bond acceptors (Lipinski definition) is 3. The third-order valence-electron chi connectivity index (χ3n) is 5.39. The monoisotopic (exact) mass is 423 g/mol. The number of carboxylic acid groups (broad SMARTS) is 1. The second-order valence-electron chi connectivity index (χ2n) is 7.93. The Hall–Kier alpha value is -2.59. The highest BCUT2D eigenvalue weighted by Gasteiger charge is 2.19. The standard InChI is InChI=1S/C22H27NO3.C5H10/c1-3-26-19-9-7-17(8-10-19)15-23-12-11-16(2)13-20-18(14-22(24)25)5-4-6-21(20)23;1-3-5-4-2/h4-9,13,19H,3,10-12,14-15H2,1-2H3,(H,24,25);3,5H,4H2,1-2H3/b;5-3-. The van der Waals surface area contributed by atoms with Gasteiger partial charge in [-0.1, -0.05) is 61.1 Å². The van der Waals surface area contributed by atoms with Gasteiger partial charge in [0, 0.05) is 30.9 Å². The number of benzene rings is 1. The minimum absolute atomic E-state index is 0.0550. The largest absolute Gasteiger partial charge is 0.481 e. The van der Waals surface area contributed by atoms with E-state index in [9.17, 15) is 9.90 Å². The van der Waals surface area contributed by atoms with Gasteiger partial charge in [0.25, 0.3) is 0 Å². The summed E-state index contributed by atoms with van der Waals surface area (Å²) in [6, 6.07) is 5.99. The number of rotatable bonds is 7. The zero-order valence-corrected chi connectivity index (χ0v) is 19.4. The van der Waals surface area contributed by atoms with Crippen LogP contribution in [0.25, 0.3) is 6.08 Å². The van der Waals surface area contributed by atoms with Crippen LogP contribution in [0.15, 0.2) is 59.7 Å². The van der Waals surface area contributed by atoms with Crippen molar-refractivity contribution in [1.29, 1.82) is 0 Å². The molecular weight excluding hydrogens is 386 g/mol. The predicted octanol–water partition coefficient (Wildman–Crippen LogP) is 6.19. The third kappa shape index (κ3) is 7.87. The maximum Gasteiger partial charge on any atom is 0.307 e. The van der Waals surface area contributed by atoms with E-state index in [1.165, 1.54) is 11.1 Å². The molecule has 0 radical (unpaired) electrons. The number of carboxylic acids is 1. The average molecular weight is 424 g/mol. The van der Waals surface area contributed by atoms with E-state index in [1.54, 1.807) is 0 Å². The van der Waals surface area contributed by atoms with E-state index >= 15 is 0 Å². The third-order valence-corrected chi connectivity index (χ3v) is 5.39. The molecule has 31 heavy (non-hydrogen) atoms. The zero-order chi connectivity index (χ0) is 22.6. The number of nitrogens with zero attached hydrogens (tertiary/aromatic N) is 1. The normalized spacial score (nSPS) is 17.9. The van der Waals surface area contributed by atoms with Gasteiger partial charge in [0.15, 0.2) is 0 Å². The van der Waals surface area contributed by atoms with Gasteiger partial charge in [0.2, 0.25) is 0 Å². The summed E-state index contributed by atoms with van der Waals surface area (Å²) in [6.07, 6.45) is 16.2. The fraction of sp³-hybridized carbons (Fsp3) is 0.444. The van der Waals surface area contributed by atoms with Crippen LogP contribution in [-0.2, 0) is 16.0 Å². The number of fused-ring (bicyclic) bond motifs is 1. The van der Waals surface area contributed by atoms with Gasteiger partial charge >= 0.3 is 5.97 Å². The lowest BCUT2D eigenvalue weighted by molar-refractivity contribution is -0.136. The van der Waals surface area contributed by atoms with Crippen molar-refractivity contribution in [3.8, 4) is 0 Å². The Morgan fingerprint density at radius 1 is 1.32 bits per heavy atom. The molecule has 1 aliphatic heterocycles. The molecule has 4 nitrogen and oxygen atoms in total. The highest BCUT2D eigenvalue weighted by atomic mass is 16.5. The van der Waals surface area contributed by atoms with Crippen LogP contribution in [0.4, 0.5) is 5.69 Å². The second-order valence-corrected chi connectivity index (χ2v) is 7.93. The van der Waals surface area contributed by atoms with E-state index in [2.05, 4.69) is 61.3 Å². The average Bonchev–Trinajstić information content (AvgIpc) is 2.90. The molecule has 1 aromatic rings. The molecule has 1 aliphatic carbocycles. The first-order valence-electron chi connectivity index (χ1n) is 11.3. The van der Waals surface area contributed by atoms with Gasteiger partial charge in [0.05, 0.1) is 12.5 Å². The molecule has 1 atom stereocenters. The smallest absolute Gasteiger partial charge is 0.307 e. The molecule has 3 rings (SSSR count). The topological polar surface area (TPSA) is 49.8 Å². The molecule has 1 heterocycles. The molecule has 0 fully saturated rings. The van der Waals surface area contributed by atoms with Crippen molar-refractivity contribution < 1.29 is 14.6 Å². The Balaban J connectivity index is 0.000000614. The van der Waals surface area contributed by atoms with Crippen molar-refractivity contribution in [2.75, 3.05) is 24.6 Å². The first-order chi connectivity index (χ1) is 15.0. The number of carbonyl (C=O) groups is 1. The van der Waals surface area contributed by atoms with Crippen molar-refractivity contribution >= 4 is 17.7 Å². The van der Waals surface area contributed by atoms with Crippen molar-refractivity contribution in [2.24, 2.45) is 0 Å². The highest BCUT2D eigenvalue weighted by Crippen LogP contribution is 2.32. The van der Waals surface area contributed by atoms with Gasteiger partial charge in [-0.05, 0) is 57.2 Å². The van der Waals surface area contributed by atoms with Crippen molar-refractivity contribution in [1.82, 2.24) is 0 Å². The van der Waals surface area contributed by atoms with Crippen LogP contribution in [0.1, 0.15) is 58.1 Å². The van der Waals surface area contributed by atoms with E-state index in [-0.39, 0.29) is 12.5 Å². The molecule has 0 spiro atoms. The maximum atomic E-state index is 11.2. The number of anilines is 1. The highest BCUT2D eigenvalue weighted by molar-refractivity contribution is 5.78. The van der Waals surface area contributed by atoms with E-state index in [1.807, 2.05) is 26.0 Å². The van der Waals surface area contributed by atoms with E-state index in [0.29, 0.717) is 0 Å². The van der Waals surface area contributed by atoms with Gasteiger partial charge in [-0.25, -0.2) is 0 Å². The second kappa shape index (κ2) is 13.0. The van der Waals surface area contributed by atoms with Crippen molar-refractivity contribution in [3.05, 3.63) is 70.9 Å². The van der Waals surface area contributed by atoms with Crippen LogP contribution in [0.5, 0.6) is 0 Å². The van der Waals surface area contributed by atoms with E-state index in [4.69, 9.17) is 4.74 Å². The van der Waals surface area contributed by atoms with Crippen LogP contribution in [0.2, 0.25) is 0 Å². The minimum Gasteiger partial charge on any atom is -0.481 e. The lowest BCUT2D eigenvalue weighted by Gasteiger charge is -2.27. The van der Waals surface area contributed by atoms with E-state index in [0.717, 1.165) is 55.8 Å². The van der Waals surface area contributed by atoms with Gasteiger partial charge in [-0.2, -0.15) is 0 Å². The molecule has 168 valence electrons. The van der Waals surface area contributed by atoms with Crippen LogP contribution in [0, 0.1) is 0 Å². The first-order valence-corrected chi connectivity index (χ1v) is 11.3. The SMILES string of the molecule is C/C=C\CC.CCOC1C=CC(CN2CCC(C)=Cc3c(CC(=O)O)cccc32)=CC1. The fourth-order valence-corrected chi connectivity index (χ4v) is 3.83. The van der Waals surface area contributed by atoms with Gasteiger partial charge in [-0.3, -0.25) is 4.79 Å².